The number of carbonyl (C=O) groups excluding carboxylic acids is 3. The molecule has 0 unspecified atom stereocenters. The normalized spacial score (nSPS) is 16.1. The van der Waals surface area contributed by atoms with Gasteiger partial charge in [-0.1, -0.05) is 28.1 Å². The summed E-state index contributed by atoms with van der Waals surface area (Å²) in [5, 5.41) is 5.30. The third-order valence-corrected chi connectivity index (χ3v) is 5.18. The van der Waals surface area contributed by atoms with Crippen molar-refractivity contribution in [1.29, 1.82) is 0 Å². The first kappa shape index (κ1) is 22.5. The number of hydrogen-bond acceptors (Lipinski definition) is 4. The molecule has 2 N–H and O–H groups in total. The molecule has 2 aromatic carbocycles. The third kappa shape index (κ3) is 5.91. The Bertz CT molecular complexity index is 1060. The van der Waals surface area contributed by atoms with Gasteiger partial charge in [0.1, 0.15) is 11.9 Å². The molecule has 1 saturated heterocycles. The van der Waals surface area contributed by atoms with Gasteiger partial charge < -0.3 is 15.4 Å². The first-order valence-electron chi connectivity index (χ1n) is 9.50. The van der Waals surface area contributed by atoms with E-state index in [0.29, 0.717) is 21.4 Å². The molecule has 7 nitrogen and oxygen atoms in total. The highest BCUT2D eigenvalue weighted by Crippen LogP contribution is 2.29. The highest BCUT2D eigenvalue weighted by atomic mass is 79.9. The van der Waals surface area contributed by atoms with Crippen molar-refractivity contribution in [2.75, 3.05) is 23.3 Å². The van der Waals surface area contributed by atoms with Crippen LogP contribution in [0.4, 0.5) is 20.6 Å². The van der Waals surface area contributed by atoms with Gasteiger partial charge in [-0.25, -0.2) is 9.18 Å². The van der Waals surface area contributed by atoms with E-state index in [4.69, 9.17) is 4.74 Å². The van der Waals surface area contributed by atoms with Crippen molar-refractivity contribution in [3.63, 3.8) is 0 Å². The van der Waals surface area contributed by atoms with Gasteiger partial charge in [-0.05, 0) is 42.0 Å². The van der Waals surface area contributed by atoms with Crippen LogP contribution in [0.1, 0.15) is 25.0 Å². The number of nitrogens with one attached hydrogen (secondary N) is 2. The first-order chi connectivity index (χ1) is 14.7. The van der Waals surface area contributed by atoms with Crippen LogP contribution in [0.5, 0.6) is 0 Å². The molecule has 3 rings (SSSR count). The van der Waals surface area contributed by atoms with E-state index in [-0.39, 0.29) is 24.9 Å². The minimum atomic E-state index is -0.589. The number of cyclic esters (lactones) is 1. The molecule has 0 radical (unpaired) electrons. The van der Waals surface area contributed by atoms with E-state index >= 15 is 0 Å². The number of carbonyl (C=O) groups is 3. The Morgan fingerprint density at radius 1 is 1.23 bits per heavy atom. The number of ether oxygens (including phenoxy) is 1. The smallest absolute Gasteiger partial charge is 0.414 e. The zero-order chi connectivity index (χ0) is 22.5. The molecule has 0 bridgehead atoms. The second-order valence-electron chi connectivity index (χ2n) is 7.01. The summed E-state index contributed by atoms with van der Waals surface area (Å²) >= 11 is 3.45. The Labute approximate surface area is 187 Å². The van der Waals surface area contributed by atoms with Gasteiger partial charge in [0.15, 0.2) is 0 Å². The fourth-order valence-electron chi connectivity index (χ4n) is 3.07. The molecule has 1 atom stereocenters. The topological polar surface area (TPSA) is 87.7 Å². The van der Waals surface area contributed by atoms with Crippen molar-refractivity contribution >= 4 is 55.8 Å². The van der Waals surface area contributed by atoms with Crippen LogP contribution in [-0.4, -0.2) is 37.1 Å². The molecule has 9 heteroatoms. The minimum absolute atomic E-state index is 0.182. The van der Waals surface area contributed by atoms with E-state index in [1.54, 1.807) is 36.4 Å². The van der Waals surface area contributed by atoms with Crippen LogP contribution in [0.15, 0.2) is 42.5 Å². The van der Waals surface area contributed by atoms with Crippen molar-refractivity contribution < 1.29 is 23.5 Å². The maximum Gasteiger partial charge on any atom is 0.414 e. The molecular weight excluding hydrogens is 469 g/mol. The SMILES string of the molecule is CC(=O)NC[C@H]1CN(c2ccc(C=C(Br)c3cccc(NC(C)=O)c3)c(F)c2)C(=O)O1. The summed E-state index contributed by atoms with van der Waals surface area (Å²) in [4.78, 5) is 35.7. The van der Waals surface area contributed by atoms with Crippen molar-refractivity contribution in [3.05, 3.63) is 59.4 Å². The lowest BCUT2D eigenvalue weighted by molar-refractivity contribution is -0.119. The Morgan fingerprint density at radius 3 is 2.68 bits per heavy atom. The fourth-order valence-corrected chi connectivity index (χ4v) is 3.56. The number of hydrogen-bond donors (Lipinski definition) is 2. The van der Waals surface area contributed by atoms with Crippen LogP contribution in [0.3, 0.4) is 0 Å². The van der Waals surface area contributed by atoms with E-state index in [2.05, 4.69) is 26.6 Å². The summed E-state index contributed by atoms with van der Waals surface area (Å²) in [5.41, 5.74) is 2.09. The zero-order valence-electron chi connectivity index (χ0n) is 16.9. The number of anilines is 2. The monoisotopic (exact) mass is 489 g/mol. The Balaban J connectivity index is 1.76. The number of amides is 3. The third-order valence-electron chi connectivity index (χ3n) is 4.49. The van der Waals surface area contributed by atoms with Gasteiger partial charge >= 0.3 is 6.09 Å². The van der Waals surface area contributed by atoms with Gasteiger partial charge in [-0.15, -0.1) is 0 Å². The lowest BCUT2D eigenvalue weighted by atomic mass is 10.1. The predicted octanol–water partition coefficient (Wildman–Crippen LogP) is 4.14. The summed E-state index contributed by atoms with van der Waals surface area (Å²) in [6.07, 6.45) is 0.534. The molecule has 162 valence electrons. The standard InChI is InChI=1S/C22H21BrFN3O4/c1-13(28)25-11-19-12-27(22(30)31-19)18-7-6-16(21(24)10-18)9-20(23)15-4-3-5-17(8-15)26-14(2)29/h3-10,19H,11-12H2,1-2H3,(H,25,28)(H,26,29)/t19-/m0/s1. The highest BCUT2D eigenvalue weighted by molar-refractivity contribution is 9.15. The number of nitrogens with zero attached hydrogens (tertiary/aromatic N) is 1. The largest absolute Gasteiger partial charge is 0.442 e. The summed E-state index contributed by atoms with van der Waals surface area (Å²) < 4.78 is 20.6. The van der Waals surface area contributed by atoms with Crippen LogP contribution < -0.4 is 15.5 Å². The first-order valence-corrected chi connectivity index (χ1v) is 10.3. The maximum atomic E-state index is 14.8. The van der Waals surface area contributed by atoms with Crippen LogP contribution in [-0.2, 0) is 14.3 Å². The zero-order valence-corrected chi connectivity index (χ0v) is 18.5. The van der Waals surface area contributed by atoms with Crippen molar-refractivity contribution in [3.8, 4) is 0 Å². The second-order valence-corrected chi connectivity index (χ2v) is 7.87. The van der Waals surface area contributed by atoms with Crippen molar-refractivity contribution in [2.24, 2.45) is 0 Å². The molecule has 2 aromatic rings. The number of benzene rings is 2. The molecular formula is C22H21BrFN3O4. The van der Waals surface area contributed by atoms with Crippen LogP contribution >= 0.6 is 15.9 Å². The summed E-state index contributed by atoms with van der Waals surface area (Å²) in [6.45, 7) is 3.22. The van der Waals surface area contributed by atoms with Crippen molar-refractivity contribution in [2.45, 2.75) is 20.0 Å². The number of halogens is 2. The molecule has 31 heavy (non-hydrogen) atoms. The quantitative estimate of drug-likeness (QED) is 0.596. The highest BCUT2D eigenvalue weighted by Gasteiger charge is 2.32. The maximum absolute atomic E-state index is 14.8. The molecule has 0 aromatic heterocycles. The number of rotatable bonds is 6. The molecule has 0 spiro atoms. The van der Waals surface area contributed by atoms with Crippen LogP contribution in [0, 0.1) is 5.82 Å². The molecule has 1 aliphatic rings. The van der Waals surface area contributed by atoms with E-state index in [1.807, 2.05) is 6.07 Å². The van der Waals surface area contributed by atoms with Gasteiger partial charge in [-0.3, -0.25) is 14.5 Å². The van der Waals surface area contributed by atoms with E-state index in [0.717, 1.165) is 5.56 Å². The van der Waals surface area contributed by atoms with Gasteiger partial charge in [0.25, 0.3) is 0 Å². The summed E-state index contributed by atoms with van der Waals surface area (Å²) in [6, 6.07) is 11.6. The van der Waals surface area contributed by atoms with Gasteiger partial charge in [0.05, 0.1) is 18.8 Å². The molecule has 3 amide bonds. The second kappa shape index (κ2) is 9.74. The summed E-state index contributed by atoms with van der Waals surface area (Å²) in [5.74, 6) is -0.908. The average Bonchev–Trinajstić information content (AvgIpc) is 3.08. The summed E-state index contributed by atoms with van der Waals surface area (Å²) in [7, 11) is 0. The Kier molecular flexibility index (Phi) is 7.06. The average molecular weight is 490 g/mol. The fraction of sp³-hybridized carbons (Fsp3) is 0.227. The van der Waals surface area contributed by atoms with Gasteiger partial charge in [0.2, 0.25) is 11.8 Å². The van der Waals surface area contributed by atoms with Crippen molar-refractivity contribution in [1.82, 2.24) is 5.32 Å². The van der Waals surface area contributed by atoms with E-state index in [9.17, 15) is 18.8 Å². The van der Waals surface area contributed by atoms with E-state index < -0.39 is 18.0 Å². The van der Waals surface area contributed by atoms with Gasteiger partial charge in [-0.2, -0.15) is 0 Å². The lowest BCUT2D eigenvalue weighted by Crippen LogP contribution is -2.33. The van der Waals surface area contributed by atoms with E-state index in [1.165, 1.54) is 24.8 Å². The van der Waals surface area contributed by atoms with Crippen LogP contribution in [0.25, 0.3) is 10.6 Å². The van der Waals surface area contributed by atoms with Gasteiger partial charge in [0, 0.05) is 29.6 Å². The molecule has 0 aliphatic carbocycles. The molecule has 1 aliphatic heterocycles. The Morgan fingerprint density at radius 2 is 2.00 bits per heavy atom. The lowest BCUT2D eigenvalue weighted by Gasteiger charge is -2.14. The molecule has 1 fully saturated rings. The van der Waals surface area contributed by atoms with Crippen LogP contribution in [0.2, 0.25) is 0 Å². The minimum Gasteiger partial charge on any atom is -0.442 e. The molecule has 1 heterocycles. The predicted molar refractivity (Wildman–Crippen MR) is 120 cm³/mol. The Hall–Kier alpha value is -3.20. The molecule has 0 saturated carbocycles.